The van der Waals surface area contributed by atoms with E-state index in [0.717, 1.165) is 11.1 Å². The van der Waals surface area contributed by atoms with Gasteiger partial charge in [0.05, 0.1) is 15.9 Å². The van der Waals surface area contributed by atoms with Gasteiger partial charge in [0, 0.05) is 26.2 Å². The van der Waals surface area contributed by atoms with E-state index in [9.17, 15) is 21.9 Å². The van der Waals surface area contributed by atoms with Crippen molar-refractivity contribution in [3.8, 4) is 0 Å². The summed E-state index contributed by atoms with van der Waals surface area (Å²) in [5, 5.41) is 10.5. The van der Waals surface area contributed by atoms with E-state index in [4.69, 9.17) is 0 Å². The zero-order chi connectivity index (χ0) is 21.2. The highest BCUT2D eigenvalue weighted by molar-refractivity contribution is 7.89. The maximum absolute atomic E-state index is 12.9. The van der Waals surface area contributed by atoms with Crippen LogP contribution in [0.5, 0.6) is 0 Å². The number of β-amino-alcohol motifs (C(OH)–C–C–N with tert-alkyl or cyclic N) is 1. The summed E-state index contributed by atoms with van der Waals surface area (Å²) in [7, 11) is -7.51. The van der Waals surface area contributed by atoms with Gasteiger partial charge in [0.25, 0.3) is 0 Å². The van der Waals surface area contributed by atoms with Crippen LogP contribution in [0.2, 0.25) is 0 Å². The number of rotatable bonds is 4. The molecule has 29 heavy (non-hydrogen) atoms. The third kappa shape index (κ3) is 4.87. The zero-order valence-electron chi connectivity index (χ0n) is 16.5. The summed E-state index contributed by atoms with van der Waals surface area (Å²) in [5.41, 5.74) is 1.90. The standard InChI is InChI=1S/C20H26N2O5S2/c1-16-4-8-19(9-5-16)28(24,25)21-12-3-13-22(15-18(23)14-21)29(26,27)20-10-6-17(2)7-11-20/h4-11,18,23H,3,12-15H2,1-2H3. The summed E-state index contributed by atoms with van der Waals surface area (Å²) in [6.07, 6.45) is -0.793. The number of sulfonamides is 2. The summed E-state index contributed by atoms with van der Waals surface area (Å²) in [6, 6.07) is 13.1. The Morgan fingerprint density at radius 3 is 1.41 bits per heavy atom. The first-order chi connectivity index (χ1) is 13.6. The van der Waals surface area contributed by atoms with Crippen molar-refractivity contribution in [3.05, 3.63) is 59.7 Å². The molecule has 0 bridgehead atoms. The number of hydrogen-bond donors (Lipinski definition) is 1. The van der Waals surface area contributed by atoms with E-state index < -0.39 is 26.2 Å². The smallest absolute Gasteiger partial charge is 0.243 e. The van der Waals surface area contributed by atoms with Crippen LogP contribution in [-0.2, 0) is 20.0 Å². The fourth-order valence-corrected chi connectivity index (χ4v) is 6.32. The predicted octanol–water partition coefficient (Wildman–Crippen LogP) is 1.75. The lowest BCUT2D eigenvalue weighted by molar-refractivity contribution is 0.109. The number of aliphatic hydroxyl groups is 1. The van der Waals surface area contributed by atoms with Crippen LogP contribution in [0.3, 0.4) is 0 Å². The lowest BCUT2D eigenvalue weighted by atomic mass is 10.2. The Labute approximate surface area is 172 Å². The first-order valence-corrected chi connectivity index (χ1v) is 12.3. The minimum Gasteiger partial charge on any atom is -0.390 e. The number of aliphatic hydroxyl groups excluding tert-OH is 1. The molecule has 1 heterocycles. The highest BCUT2D eigenvalue weighted by Crippen LogP contribution is 2.22. The first kappa shape index (κ1) is 21.9. The summed E-state index contributed by atoms with van der Waals surface area (Å²) < 4.78 is 54.2. The number of nitrogens with zero attached hydrogens (tertiary/aromatic N) is 2. The Morgan fingerprint density at radius 1 is 0.724 bits per heavy atom. The van der Waals surface area contributed by atoms with Gasteiger partial charge in [-0.3, -0.25) is 0 Å². The normalized spacial score (nSPS) is 18.3. The van der Waals surface area contributed by atoms with Crippen molar-refractivity contribution >= 4 is 20.0 Å². The maximum Gasteiger partial charge on any atom is 0.243 e. The molecule has 1 aliphatic rings. The molecule has 0 amide bonds. The third-order valence-electron chi connectivity index (χ3n) is 4.96. The molecule has 1 aliphatic heterocycles. The first-order valence-electron chi connectivity index (χ1n) is 9.42. The van der Waals surface area contributed by atoms with Crippen molar-refractivity contribution in [2.75, 3.05) is 26.2 Å². The van der Waals surface area contributed by atoms with Gasteiger partial charge in [-0.05, 0) is 44.5 Å². The van der Waals surface area contributed by atoms with E-state index in [0.29, 0.717) is 6.42 Å². The summed E-state index contributed by atoms with van der Waals surface area (Å²) in [6.45, 7) is 3.70. The molecule has 1 saturated heterocycles. The Bertz CT molecular complexity index is 964. The molecule has 2 aromatic carbocycles. The topological polar surface area (TPSA) is 95.0 Å². The van der Waals surface area contributed by atoms with Crippen molar-refractivity contribution in [1.29, 1.82) is 0 Å². The quantitative estimate of drug-likeness (QED) is 0.785. The Balaban J connectivity index is 1.78. The van der Waals surface area contributed by atoms with Gasteiger partial charge >= 0.3 is 0 Å². The van der Waals surface area contributed by atoms with E-state index >= 15 is 0 Å². The summed E-state index contributed by atoms with van der Waals surface area (Å²) in [5.74, 6) is 0. The predicted molar refractivity (Wildman–Crippen MR) is 110 cm³/mol. The Kier molecular flexibility index (Phi) is 6.45. The lowest BCUT2D eigenvalue weighted by Gasteiger charge is -2.32. The van der Waals surface area contributed by atoms with Crippen molar-refractivity contribution in [2.24, 2.45) is 0 Å². The van der Waals surface area contributed by atoms with Gasteiger partial charge in [0.2, 0.25) is 20.0 Å². The third-order valence-corrected chi connectivity index (χ3v) is 8.72. The van der Waals surface area contributed by atoms with E-state index in [2.05, 4.69) is 0 Å². The highest BCUT2D eigenvalue weighted by Gasteiger charge is 2.33. The van der Waals surface area contributed by atoms with Gasteiger partial charge in [0.1, 0.15) is 0 Å². The van der Waals surface area contributed by atoms with Crippen molar-refractivity contribution in [3.63, 3.8) is 0 Å². The molecule has 0 aliphatic carbocycles. The molecule has 9 heteroatoms. The van der Waals surface area contributed by atoms with Gasteiger partial charge in [0.15, 0.2) is 0 Å². The van der Waals surface area contributed by atoms with Crippen molar-refractivity contribution in [1.82, 2.24) is 8.61 Å². The van der Waals surface area contributed by atoms with Crippen LogP contribution in [0.4, 0.5) is 0 Å². The Morgan fingerprint density at radius 2 is 1.07 bits per heavy atom. The largest absolute Gasteiger partial charge is 0.390 e. The number of hydrogen-bond acceptors (Lipinski definition) is 5. The molecule has 0 saturated carbocycles. The van der Waals surface area contributed by atoms with Gasteiger partial charge in [-0.15, -0.1) is 0 Å². The van der Waals surface area contributed by atoms with Crippen LogP contribution < -0.4 is 0 Å². The summed E-state index contributed by atoms with van der Waals surface area (Å²) >= 11 is 0. The van der Waals surface area contributed by atoms with Gasteiger partial charge in [-0.1, -0.05) is 35.4 Å². The number of benzene rings is 2. The van der Waals surface area contributed by atoms with Crippen LogP contribution >= 0.6 is 0 Å². The summed E-state index contributed by atoms with van der Waals surface area (Å²) in [4.78, 5) is 0.333. The average Bonchev–Trinajstić information content (AvgIpc) is 2.64. The molecular weight excluding hydrogens is 412 g/mol. The fraction of sp³-hybridized carbons (Fsp3) is 0.400. The molecule has 0 unspecified atom stereocenters. The molecule has 0 radical (unpaired) electrons. The molecule has 2 aromatic rings. The fourth-order valence-electron chi connectivity index (χ4n) is 3.29. The Hall–Kier alpha value is -1.78. The van der Waals surface area contributed by atoms with Crippen LogP contribution in [0.25, 0.3) is 0 Å². The molecule has 0 atom stereocenters. The van der Waals surface area contributed by atoms with Crippen LogP contribution in [0, 0.1) is 13.8 Å². The minimum atomic E-state index is -3.76. The molecule has 7 nitrogen and oxygen atoms in total. The second-order valence-electron chi connectivity index (χ2n) is 7.36. The van der Waals surface area contributed by atoms with Crippen LogP contribution in [-0.4, -0.2) is 62.8 Å². The van der Waals surface area contributed by atoms with Crippen molar-refractivity contribution < 1.29 is 21.9 Å². The van der Waals surface area contributed by atoms with E-state index in [1.165, 1.54) is 8.61 Å². The molecule has 3 rings (SSSR count). The molecule has 1 N–H and O–H groups in total. The average molecular weight is 439 g/mol. The maximum atomic E-state index is 12.9. The molecule has 0 aromatic heterocycles. The second-order valence-corrected chi connectivity index (χ2v) is 11.2. The monoisotopic (exact) mass is 438 g/mol. The lowest BCUT2D eigenvalue weighted by Crippen LogP contribution is -2.48. The zero-order valence-corrected chi connectivity index (χ0v) is 18.2. The molecule has 158 valence electrons. The molecule has 1 fully saturated rings. The number of aryl methyl sites for hydroxylation is 2. The van der Waals surface area contributed by atoms with E-state index in [-0.39, 0.29) is 36.0 Å². The van der Waals surface area contributed by atoms with Gasteiger partial charge < -0.3 is 5.11 Å². The van der Waals surface area contributed by atoms with E-state index in [1.54, 1.807) is 48.5 Å². The van der Waals surface area contributed by atoms with Crippen LogP contribution in [0.15, 0.2) is 58.3 Å². The second kappa shape index (κ2) is 8.53. The SMILES string of the molecule is Cc1ccc(S(=O)(=O)N2CCCN(S(=O)(=O)c3ccc(C)cc3)CC(O)C2)cc1. The van der Waals surface area contributed by atoms with E-state index in [1.807, 2.05) is 13.8 Å². The molecule has 0 spiro atoms. The minimum absolute atomic E-state index is 0.132. The van der Waals surface area contributed by atoms with Crippen LogP contribution in [0.1, 0.15) is 17.5 Å². The van der Waals surface area contributed by atoms with Gasteiger partial charge in [-0.2, -0.15) is 8.61 Å². The molecular formula is C20H26N2O5S2. The highest BCUT2D eigenvalue weighted by atomic mass is 32.2. The van der Waals surface area contributed by atoms with Crippen molar-refractivity contribution in [2.45, 2.75) is 36.2 Å². The van der Waals surface area contributed by atoms with Gasteiger partial charge in [-0.25, -0.2) is 16.8 Å².